The molecular weight excluding hydrogens is 584 g/mol. The summed E-state index contributed by atoms with van der Waals surface area (Å²) < 4.78 is 0. The fourth-order valence-corrected chi connectivity index (χ4v) is 3.85. The van der Waals surface area contributed by atoms with Gasteiger partial charge in [-0.2, -0.15) is 12.1 Å². The molecule has 0 aliphatic heterocycles. The molecule has 4 rings (SSSR count). The molecule has 0 spiro atoms. The topological polar surface area (TPSA) is 0 Å². The Labute approximate surface area is 281 Å². The van der Waals surface area contributed by atoms with Gasteiger partial charge < -0.3 is 32.6 Å². The van der Waals surface area contributed by atoms with Crippen molar-refractivity contribution in [1.82, 2.24) is 0 Å². The second-order valence-electron chi connectivity index (χ2n) is 8.62. The van der Waals surface area contributed by atoms with Crippen LogP contribution < -0.4 is 0 Å². The van der Waals surface area contributed by atoms with E-state index in [1.54, 1.807) is 0 Å². The molecule has 2 heteroatoms. The maximum atomic E-state index is 3.46. The molecule has 1 aliphatic rings. The molecule has 0 N–H and O–H groups in total. The van der Waals surface area contributed by atoms with E-state index in [2.05, 4.69) is 107 Å². The first-order valence-electron chi connectivity index (χ1n) is 13.7. The summed E-state index contributed by atoms with van der Waals surface area (Å²) >= 11 is 0. The standard InChI is InChI=1S/C29H29.3C2H6.2CH3.V.Y/c1-5-22-6-8-26(17-22)24-10-12-25(13-11-24)28-15-14-27-18-23(7-9-29(27)19-28)16-21(4)20(2)3;3*1-2;;;;/h5-7,9-10,12-15,18-21H,16-17H2,1-4H3;3*1-2H3;2*1H3;;/q-3;;;;2*-1;+2;+3. The van der Waals surface area contributed by atoms with E-state index in [9.17, 15) is 0 Å². The summed E-state index contributed by atoms with van der Waals surface area (Å²) in [6.45, 7) is 21.0. The fraction of sp³-hybridized carbons (Fsp3) is 0.378. The number of rotatable bonds is 6. The minimum absolute atomic E-state index is 0. The van der Waals surface area contributed by atoms with Gasteiger partial charge in [-0.1, -0.05) is 104 Å². The van der Waals surface area contributed by atoms with Crippen LogP contribution in [0.5, 0.6) is 0 Å². The molecule has 3 aromatic rings. The van der Waals surface area contributed by atoms with Crippen LogP contribution in [0.15, 0.2) is 66.2 Å². The Morgan fingerprint density at radius 2 is 1.36 bits per heavy atom. The van der Waals surface area contributed by atoms with E-state index in [0.717, 1.165) is 18.4 Å². The first-order chi connectivity index (χ1) is 17.0. The summed E-state index contributed by atoms with van der Waals surface area (Å²) in [5.74, 6) is 1.42. The van der Waals surface area contributed by atoms with Gasteiger partial charge in [-0.3, -0.25) is 12.0 Å². The van der Waals surface area contributed by atoms with Gasteiger partial charge in [0.2, 0.25) is 0 Å². The molecule has 0 saturated carbocycles. The average molecular weight is 638 g/mol. The van der Waals surface area contributed by atoms with Crippen molar-refractivity contribution in [3.8, 4) is 11.1 Å². The van der Waals surface area contributed by atoms with Gasteiger partial charge in [-0.05, 0) is 34.6 Å². The van der Waals surface area contributed by atoms with Gasteiger partial charge in [-0.25, -0.2) is 11.6 Å². The zero-order valence-electron chi connectivity index (χ0n) is 26.9. The molecule has 1 aliphatic carbocycles. The third-order valence-corrected chi connectivity index (χ3v) is 6.26. The van der Waals surface area contributed by atoms with Crippen molar-refractivity contribution in [2.45, 2.75) is 82.1 Å². The fourth-order valence-electron chi connectivity index (χ4n) is 3.85. The van der Waals surface area contributed by atoms with Gasteiger partial charge in [-0.15, -0.1) is 25.0 Å². The normalized spacial score (nSPS) is 11.5. The van der Waals surface area contributed by atoms with Crippen molar-refractivity contribution in [3.63, 3.8) is 0 Å². The van der Waals surface area contributed by atoms with Gasteiger partial charge in [0, 0.05) is 0 Å². The first kappa shape index (κ1) is 45.0. The van der Waals surface area contributed by atoms with Gasteiger partial charge >= 0.3 is 51.3 Å². The molecule has 1 atom stereocenters. The molecular formula is C37H53VY. The van der Waals surface area contributed by atoms with Crippen LogP contribution in [-0.4, -0.2) is 0 Å². The molecule has 0 heterocycles. The Morgan fingerprint density at radius 1 is 0.795 bits per heavy atom. The second-order valence-corrected chi connectivity index (χ2v) is 8.62. The van der Waals surface area contributed by atoms with Crippen LogP contribution in [0, 0.1) is 45.3 Å². The second kappa shape index (κ2) is 24.7. The maximum Gasteiger partial charge on any atom is 3.00 e. The number of hydrogen-bond acceptors (Lipinski definition) is 0. The zero-order valence-corrected chi connectivity index (χ0v) is 31.2. The van der Waals surface area contributed by atoms with E-state index in [-0.39, 0.29) is 66.1 Å². The third kappa shape index (κ3) is 13.4. The van der Waals surface area contributed by atoms with Crippen LogP contribution >= 0.6 is 0 Å². The predicted octanol–water partition coefficient (Wildman–Crippen LogP) is 11.9. The Kier molecular flexibility index (Phi) is 28.5. The predicted molar refractivity (Wildman–Crippen MR) is 172 cm³/mol. The summed E-state index contributed by atoms with van der Waals surface area (Å²) in [4.78, 5) is 0. The Hall–Kier alpha value is -1.04. The van der Waals surface area contributed by atoms with Gasteiger partial charge in [0.05, 0.1) is 0 Å². The molecule has 0 bridgehead atoms. The van der Waals surface area contributed by atoms with Gasteiger partial charge in [0.1, 0.15) is 0 Å². The number of allylic oxidation sites excluding steroid dienone is 4. The summed E-state index contributed by atoms with van der Waals surface area (Å²) in [5.41, 5.74) is 7.59. The van der Waals surface area contributed by atoms with E-state index >= 15 is 0 Å². The molecule has 39 heavy (non-hydrogen) atoms. The Morgan fingerprint density at radius 3 is 1.87 bits per heavy atom. The van der Waals surface area contributed by atoms with Crippen LogP contribution in [-0.2, 0) is 57.7 Å². The molecule has 1 radical (unpaired) electrons. The van der Waals surface area contributed by atoms with Crippen molar-refractivity contribution < 1.29 is 51.3 Å². The summed E-state index contributed by atoms with van der Waals surface area (Å²) in [7, 11) is 0. The van der Waals surface area contributed by atoms with Crippen molar-refractivity contribution >= 4 is 16.3 Å². The molecule has 0 nitrogen and oxygen atoms in total. The maximum absolute atomic E-state index is 3.46. The minimum atomic E-state index is 0. The quantitative estimate of drug-likeness (QED) is 0.236. The van der Waals surface area contributed by atoms with Crippen molar-refractivity contribution in [2.75, 3.05) is 0 Å². The van der Waals surface area contributed by atoms with Gasteiger partial charge in [0.25, 0.3) is 0 Å². The number of benzene rings is 3. The number of hydrogen-bond donors (Lipinski definition) is 0. The minimum Gasteiger partial charge on any atom is -0.358 e. The van der Waals surface area contributed by atoms with Crippen LogP contribution in [0.4, 0.5) is 0 Å². The average Bonchev–Trinajstić information content (AvgIpc) is 3.41. The van der Waals surface area contributed by atoms with Crippen molar-refractivity contribution in [1.29, 1.82) is 0 Å². The van der Waals surface area contributed by atoms with Crippen LogP contribution in [0.1, 0.15) is 86.8 Å². The smallest absolute Gasteiger partial charge is 0.358 e. The van der Waals surface area contributed by atoms with E-state index in [4.69, 9.17) is 0 Å². The summed E-state index contributed by atoms with van der Waals surface area (Å²) in [6.07, 6.45) is 9.71. The zero-order chi connectivity index (χ0) is 26.4. The van der Waals surface area contributed by atoms with Crippen molar-refractivity contribution in [2.24, 2.45) is 11.8 Å². The van der Waals surface area contributed by atoms with Crippen LogP contribution in [0.2, 0.25) is 0 Å². The molecule has 0 amide bonds. The molecule has 209 valence electrons. The molecule has 3 aromatic carbocycles. The Bertz CT molecular complexity index is 1070. The summed E-state index contributed by atoms with van der Waals surface area (Å²) in [6, 6.07) is 23.6. The SMILES string of the molecule is CC.CC.CC.C[CH-]C1=C[C-]=C(c2[c-]cc(-c3ccc4cc(CC(C)C(C)C)ccc4c3)cc2)C1.[CH3-].[CH3-].[V+2].[Y+3]. The molecule has 0 aromatic heterocycles. The van der Waals surface area contributed by atoms with E-state index in [1.165, 1.54) is 38.6 Å². The molecule has 0 fully saturated rings. The molecule has 1 unspecified atom stereocenters. The number of fused-ring (bicyclic) bond motifs is 1. The summed E-state index contributed by atoms with van der Waals surface area (Å²) in [5, 5.41) is 2.62. The van der Waals surface area contributed by atoms with E-state index < -0.39 is 0 Å². The monoisotopic (exact) mass is 637 g/mol. The largest absolute Gasteiger partial charge is 3.00 e. The van der Waals surface area contributed by atoms with Gasteiger partial charge in [0.15, 0.2) is 0 Å². The third-order valence-electron chi connectivity index (χ3n) is 6.26. The van der Waals surface area contributed by atoms with Crippen molar-refractivity contribution in [3.05, 3.63) is 111 Å². The first-order valence-corrected chi connectivity index (χ1v) is 13.7. The van der Waals surface area contributed by atoms with Crippen LogP contribution in [0.25, 0.3) is 27.5 Å². The Balaban J connectivity index is -0.000000574. The molecule has 0 saturated heterocycles. The van der Waals surface area contributed by atoms with Crippen LogP contribution in [0.3, 0.4) is 0 Å². The van der Waals surface area contributed by atoms with E-state index in [1.807, 2.05) is 41.5 Å². The van der Waals surface area contributed by atoms with E-state index in [0.29, 0.717) is 11.8 Å².